The monoisotopic (exact) mass is 447 g/mol. The number of nitrogens with one attached hydrogen (secondary N) is 2. The lowest BCUT2D eigenvalue weighted by atomic mass is 10.1. The molecule has 0 aliphatic carbocycles. The van der Waals surface area contributed by atoms with Gasteiger partial charge in [-0.25, -0.2) is 4.98 Å². The van der Waals surface area contributed by atoms with Crippen molar-refractivity contribution in [2.45, 2.75) is 53.2 Å². The van der Waals surface area contributed by atoms with Gasteiger partial charge in [0.1, 0.15) is 0 Å². The van der Waals surface area contributed by atoms with E-state index in [0.29, 0.717) is 18.3 Å². The van der Waals surface area contributed by atoms with Crippen molar-refractivity contribution in [1.82, 2.24) is 24.5 Å². The number of aryl methyl sites for hydroxylation is 1. The Bertz CT molecular complexity index is 1120. The van der Waals surface area contributed by atoms with Crippen LogP contribution in [0.15, 0.2) is 55.0 Å². The Kier molecular flexibility index (Phi) is 8.71. The van der Waals surface area contributed by atoms with Crippen molar-refractivity contribution in [2.75, 3.05) is 17.2 Å². The van der Waals surface area contributed by atoms with Gasteiger partial charge in [0.15, 0.2) is 17.0 Å². The van der Waals surface area contributed by atoms with Crippen LogP contribution in [0.25, 0.3) is 22.4 Å². The van der Waals surface area contributed by atoms with E-state index >= 15 is 0 Å². The number of nitrogens with zero attached hydrogens (tertiary/aromatic N) is 5. The van der Waals surface area contributed by atoms with Gasteiger partial charge in [0.2, 0.25) is 5.95 Å². The van der Waals surface area contributed by atoms with Crippen LogP contribution >= 0.6 is 0 Å². The number of aromatic nitrogens is 5. The molecule has 174 valence electrons. The molecule has 8 heteroatoms. The van der Waals surface area contributed by atoms with Gasteiger partial charge >= 0.3 is 0 Å². The maximum Gasteiger partial charge on any atom is 0.227 e. The first kappa shape index (κ1) is 24.1. The van der Waals surface area contributed by atoms with Crippen molar-refractivity contribution in [2.24, 2.45) is 0 Å². The summed E-state index contributed by atoms with van der Waals surface area (Å²) in [6, 6.07) is 14.1. The van der Waals surface area contributed by atoms with Crippen molar-refractivity contribution in [1.29, 1.82) is 0 Å². The van der Waals surface area contributed by atoms with E-state index in [0.717, 1.165) is 41.0 Å². The largest absolute Gasteiger partial charge is 0.394 e. The molecule has 0 spiro atoms. The average molecular weight is 448 g/mol. The summed E-state index contributed by atoms with van der Waals surface area (Å²) in [4.78, 5) is 18.2. The van der Waals surface area contributed by atoms with E-state index in [9.17, 15) is 5.11 Å². The number of benzene rings is 1. The molecule has 0 amide bonds. The quantitative estimate of drug-likeness (QED) is 0.341. The minimum Gasteiger partial charge on any atom is -0.394 e. The third kappa shape index (κ3) is 5.84. The van der Waals surface area contributed by atoms with Gasteiger partial charge in [-0.1, -0.05) is 51.1 Å². The van der Waals surface area contributed by atoms with Gasteiger partial charge < -0.3 is 20.3 Å². The predicted molar refractivity (Wildman–Crippen MR) is 134 cm³/mol. The minimum atomic E-state index is -0.0950. The second kappa shape index (κ2) is 11.9. The number of fused-ring (bicyclic) bond motifs is 1. The number of aliphatic hydroxyl groups excluding tert-OH is 1. The second-order valence-corrected chi connectivity index (χ2v) is 7.30. The molecule has 0 bridgehead atoms. The van der Waals surface area contributed by atoms with Crippen molar-refractivity contribution in [3.05, 3.63) is 60.6 Å². The van der Waals surface area contributed by atoms with Gasteiger partial charge in [-0.05, 0) is 31.0 Å². The molecule has 3 aromatic heterocycles. The van der Waals surface area contributed by atoms with Crippen molar-refractivity contribution in [3.63, 3.8) is 0 Å². The molecule has 4 aromatic rings. The lowest BCUT2D eigenvalue weighted by molar-refractivity contribution is 0.271. The smallest absolute Gasteiger partial charge is 0.227 e. The fourth-order valence-corrected chi connectivity index (χ4v) is 3.34. The Morgan fingerprint density at radius 2 is 1.79 bits per heavy atom. The third-order valence-electron chi connectivity index (χ3n) is 5.23. The number of pyridine rings is 1. The Hall–Kier alpha value is -3.52. The van der Waals surface area contributed by atoms with E-state index in [1.54, 1.807) is 12.5 Å². The average Bonchev–Trinajstić information content (AvgIpc) is 3.31. The summed E-state index contributed by atoms with van der Waals surface area (Å²) in [5.74, 6) is 1.15. The van der Waals surface area contributed by atoms with Crippen LogP contribution in [0.1, 0.15) is 39.7 Å². The standard InChI is InChI=1S/C23H27N7O.C2H6/c1-3-18(14-31)27-23-28-21(20-22(29-23)30(4-2)15-26-20)25-13-16-8-10-17(11-9-16)19-7-5-6-12-24-19;1-2/h5-12,15,18,31H,3-4,13-14H2,1-2H3,(H2,25,27,28,29);1-2H3/t18-;/m0./s1. The van der Waals surface area contributed by atoms with Gasteiger partial charge in [-0.3, -0.25) is 4.98 Å². The summed E-state index contributed by atoms with van der Waals surface area (Å²) in [6.07, 6.45) is 4.35. The number of anilines is 2. The van der Waals surface area contributed by atoms with E-state index in [1.807, 2.05) is 43.5 Å². The first-order valence-corrected chi connectivity index (χ1v) is 11.6. The van der Waals surface area contributed by atoms with E-state index < -0.39 is 0 Å². The molecule has 0 saturated heterocycles. The molecule has 0 aliphatic heterocycles. The number of imidazole rings is 1. The third-order valence-corrected chi connectivity index (χ3v) is 5.23. The fourth-order valence-electron chi connectivity index (χ4n) is 3.34. The molecule has 33 heavy (non-hydrogen) atoms. The van der Waals surface area contributed by atoms with Gasteiger partial charge in [0.05, 0.1) is 24.7 Å². The summed E-state index contributed by atoms with van der Waals surface area (Å²) >= 11 is 0. The van der Waals surface area contributed by atoms with Crippen LogP contribution in [-0.2, 0) is 13.1 Å². The zero-order chi connectivity index (χ0) is 23.6. The van der Waals surface area contributed by atoms with Crippen LogP contribution in [0.3, 0.4) is 0 Å². The van der Waals surface area contributed by atoms with E-state index in [2.05, 4.69) is 61.8 Å². The predicted octanol–water partition coefficient (Wildman–Crippen LogP) is 4.73. The van der Waals surface area contributed by atoms with E-state index in [4.69, 9.17) is 0 Å². The minimum absolute atomic E-state index is 0.0241. The summed E-state index contributed by atoms with van der Waals surface area (Å²) in [5, 5.41) is 16.2. The van der Waals surface area contributed by atoms with E-state index in [1.165, 1.54) is 0 Å². The summed E-state index contributed by atoms with van der Waals surface area (Å²) in [7, 11) is 0. The zero-order valence-electron chi connectivity index (χ0n) is 19.8. The Balaban J connectivity index is 0.00000149. The Morgan fingerprint density at radius 3 is 2.42 bits per heavy atom. The van der Waals surface area contributed by atoms with Crippen LogP contribution in [-0.4, -0.2) is 42.3 Å². The zero-order valence-corrected chi connectivity index (χ0v) is 19.8. The molecule has 4 rings (SSSR count). The number of rotatable bonds is 9. The second-order valence-electron chi connectivity index (χ2n) is 7.30. The van der Waals surface area contributed by atoms with Crippen molar-refractivity contribution in [3.8, 4) is 11.3 Å². The van der Waals surface area contributed by atoms with Crippen LogP contribution in [0.5, 0.6) is 0 Å². The van der Waals surface area contributed by atoms with Crippen LogP contribution in [0, 0.1) is 0 Å². The lowest BCUT2D eigenvalue weighted by Gasteiger charge is -2.15. The van der Waals surface area contributed by atoms with Gasteiger partial charge in [0, 0.05) is 24.8 Å². The van der Waals surface area contributed by atoms with Crippen molar-refractivity contribution >= 4 is 22.9 Å². The lowest BCUT2D eigenvalue weighted by Crippen LogP contribution is -2.24. The maximum atomic E-state index is 9.53. The van der Waals surface area contributed by atoms with Gasteiger partial charge in [-0.2, -0.15) is 9.97 Å². The summed E-state index contributed by atoms with van der Waals surface area (Å²) < 4.78 is 1.98. The van der Waals surface area contributed by atoms with Crippen molar-refractivity contribution < 1.29 is 5.11 Å². The first-order valence-electron chi connectivity index (χ1n) is 11.6. The Labute approximate surface area is 195 Å². The molecular weight excluding hydrogens is 414 g/mol. The highest BCUT2D eigenvalue weighted by Crippen LogP contribution is 2.23. The first-order chi connectivity index (χ1) is 16.2. The van der Waals surface area contributed by atoms with Crippen LogP contribution < -0.4 is 10.6 Å². The molecule has 3 N–H and O–H groups in total. The molecule has 0 fully saturated rings. The molecular formula is C25H33N7O. The SMILES string of the molecule is CC.CC[C@@H](CO)Nc1nc(NCc2ccc(-c3ccccn3)cc2)c2ncn(CC)c2n1. The summed E-state index contributed by atoms with van der Waals surface area (Å²) in [5.41, 5.74) is 4.65. The van der Waals surface area contributed by atoms with Crippen LogP contribution in [0.4, 0.5) is 11.8 Å². The van der Waals surface area contributed by atoms with E-state index in [-0.39, 0.29) is 12.6 Å². The molecule has 3 heterocycles. The highest BCUT2D eigenvalue weighted by atomic mass is 16.3. The fraction of sp³-hybridized carbons (Fsp3) is 0.360. The van der Waals surface area contributed by atoms with Gasteiger partial charge in [-0.15, -0.1) is 0 Å². The number of aliphatic hydroxyl groups is 1. The molecule has 1 atom stereocenters. The summed E-state index contributed by atoms with van der Waals surface area (Å²) in [6.45, 7) is 9.45. The molecule has 0 saturated carbocycles. The molecule has 1 aromatic carbocycles. The molecule has 0 radical (unpaired) electrons. The normalized spacial score (nSPS) is 11.5. The maximum absolute atomic E-state index is 9.53. The molecule has 0 unspecified atom stereocenters. The number of hydrogen-bond donors (Lipinski definition) is 3. The molecule has 0 aliphatic rings. The topological polar surface area (TPSA) is 101 Å². The molecule has 8 nitrogen and oxygen atoms in total. The van der Waals surface area contributed by atoms with Gasteiger partial charge in [0.25, 0.3) is 0 Å². The highest BCUT2D eigenvalue weighted by molar-refractivity contribution is 5.84. The number of hydrogen-bond acceptors (Lipinski definition) is 7. The highest BCUT2D eigenvalue weighted by Gasteiger charge is 2.15. The van der Waals surface area contributed by atoms with Crippen LogP contribution in [0.2, 0.25) is 0 Å². The Morgan fingerprint density at radius 1 is 1.00 bits per heavy atom.